The molecule has 0 spiro atoms. The molecular formula is C14H20ClN3O. The van der Waals surface area contributed by atoms with Gasteiger partial charge < -0.3 is 9.73 Å². The molecule has 1 N–H and O–H groups in total. The Kier molecular flexibility index (Phi) is 4.66. The smallest absolute Gasteiger partial charge is 0.126 e. The molecule has 5 heteroatoms. The van der Waals surface area contributed by atoms with Crippen LogP contribution >= 0.6 is 11.6 Å². The Morgan fingerprint density at radius 1 is 1.42 bits per heavy atom. The summed E-state index contributed by atoms with van der Waals surface area (Å²) in [5.74, 6) is 1.91. The van der Waals surface area contributed by atoms with Crippen LogP contribution in [0.3, 0.4) is 0 Å². The molecule has 0 saturated heterocycles. The molecule has 0 amide bonds. The molecule has 2 aromatic rings. The summed E-state index contributed by atoms with van der Waals surface area (Å²) in [6, 6.07) is 2.07. The maximum atomic E-state index is 5.99. The van der Waals surface area contributed by atoms with E-state index >= 15 is 0 Å². The second kappa shape index (κ2) is 6.26. The van der Waals surface area contributed by atoms with Gasteiger partial charge in [0.05, 0.1) is 30.0 Å². The number of hydrogen-bond donors (Lipinski definition) is 1. The van der Waals surface area contributed by atoms with Crippen LogP contribution in [0.15, 0.2) is 16.7 Å². The average molecular weight is 282 g/mol. The highest BCUT2D eigenvalue weighted by Gasteiger charge is 2.10. The molecule has 0 atom stereocenters. The first-order chi connectivity index (χ1) is 9.11. The van der Waals surface area contributed by atoms with E-state index in [-0.39, 0.29) is 0 Å². The Bertz CT molecular complexity index is 545. The Balaban J connectivity index is 2.05. The SMILES string of the molecule is CCCNCc1oc(Cn2ncc(Cl)c2C)cc1C. The minimum Gasteiger partial charge on any atom is -0.462 e. The van der Waals surface area contributed by atoms with Crippen molar-refractivity contribution < 1.29 is 4.42 Å². The molecular weight excluding hydrogens is 262 g/mol. The maximum absolute atomic E-state index is 5.99. The number of nitrogens with zero attached hydrogens (tertiary/aromatic N) is 2. The lowest BCUT2D eigenvalue weighted by molar-refractivity contribution is 0.427. The highest BCUT2D eigenvalue weighted by Crippen LogP contribution is 2.18. The van der Waals surface area contributed by atoms with Crippen LogP contribution in [-0.2, 0) is 13.1 Å². The van der Waals surface area contributed by atoms with Crippen molar-refractivity contribution in [1.82, 2.24) is 15.1 Å². The molecule has 2 rings (SSSR count). The molecule has 0 radical (unpaired) electrons. The lowest BCUT2D eigenvalue weighted by Crippen LogP contribution is -2.13. The van der Waals surface area contributed by atoms with Crippen LogP contribution in [0.5, 0.6) is 0 Å². The Hall–Kier alpha value is -1.26. The highest BCUT2D eigenvalue weighted by atomic mass is 35.5. The first-order valence-electron chi connectivity index (χ1n) is 6.58. The van der Waals surface area contributed by atoms with E-state index in [4.69, 9.17) is 16.0 Å². The normalized spacial score (nSPS) is 11.2. The number of aryl methyl sites for hydroxylation is 1. The number of furan rings is 1. The van der Waals surface area contributed by atoms with Gasteiger partial charge in [-0.3, -0.25) is 4.68 Å². The molecule has 0 aliphatic carbocycles. The molecule has 0 aliphatic rings. The van der Waals surface area contributed by atoms with E-state index in [0.29, 0.717) is 11.6 Å². The fraction of sp³-hybridized carbons (Fsp3) is 0.500. The van der Waals surface area contributed by atoms with Gasteiger partial charge in [-0.15, -0.1) is 0 Å². The van der Waals surface area contributed by atoms with Crippen molar-refractivity contribution >= 4 is 11.6 Å². The van der Waals surface area contributed by atoms with Crippen LogP contribution in [-0.4, -0.2) is 16.3 Å². The van der Waals surface area contributed by atoms with Crippen molar-refractivity contribution in [2.24, 2.45) is 0 Å². The molecule has 19 heavy (non-hydrogen) atoms. The molecule has 104 valence electrons. The Labute approximate surface area is 118 Å². The van der Waals surface area contributed by atoms with Crippen molar-refractivity contribution in [1.29, 1.82) is 0 Å². The third kappa shape index (κ3) is 3.39. The summed E-state index contributed by atoms with van der Waals surface area (Å²) in [5, 5.41) is 8.27. The van der Waals surface area contributed by atoms with Gasteiger partial charge in [-0.1, -0.05) is 18.5 Å². The number of nitrogens with one attached hydrogen (secondary N) is 1. The summed E-state index contributed by atoms with van der Waals surface area (Å²) >= 11 is 5.99. The van der Waals surface area contributed by atoms with Gasteiger partial charge in [0.1, 0.15) is 11.5 Å². The van der Waals surface area contributed by atoms with E-state index in [1.807, 2.05) is 11.6 Å². The van der Waals surface area contributed by atoms with Gasteiger partial charge in [-0.25, -0.2) is 0 Å². The largest absolute Gasteiger partial charge is 0.462 e. The molecule has 0 aromatic carbocycles. The summed E-state index contributed by atoms with van der Waals surface area (Å²) in [6.07, 6.45) is 2.79. The molecule has 0 unspecified atom stereocenters. The summed E-state index contributed by atoms with van der Waals surface area (Å²) in [5.41, 5.74) is 2.14. The minimum atomic E-state index is 0.618. The van der Waals surface area contributed by atoms with Crippen LogP contribution < -0.4 is 5.32 Å². The van der Waals surface area contributed by atoms with Gasteiger partial charge in [0.15, 0.2) is 0 Å². The predicted molar refractivity (Wildman–Crippen MR) is 76.5 cm³/mol. The molecule has 4 nitrogen and oxygen atoms in total. The maximum Gasteiger partial charge on any atom is 0.126 e. The van der Waals surface area contributed by atoms with Crippen LogP contribution in [0.4, 0.5) is 0 Å². The lowest BCUT2D eigenvalue weighted by atomic mass is 10.2. The van der Waals surface area contributed by atoms with Crippen molar-refractivity contribution in [3.63, 3.8) is 0 Å². The van der Waals surface area contributed by atoms with Gasteiger partial charge >= 0.3 is 0 Å². The van der Waals surface area contributed by atoms with E-state index in [0.717, 1.165) is 36.7 Å². The van der Waals surface area contributed by atoms with Gasteiger partial charge in [0, 0.05) is 0 Å². The van der Waals surface area contributed by atoms with Gasteiger partial charge in [-0.2, -0.15) is 5.10 Å². The summed E-state index contributed by atoms with van der Waals surface area (Å²) < 4.78 is 7.71. The second-order valence-electron chi connectivity index (χ2n) is 4.73. The Morgan fingerprint density at radius 2 is 2.21 bits per heavy atom. The summed E-state index contributed by atoms with van der Waals surface area (Å²) in [7, 11) is 0. The zero-order valence-corrected chi connectivity index (χ0v) is 12.4. The van der Waals surface area contributed by atoms with Gasteiger partial charge in [-0.05, 0) is 38.4 Å². The number of aromatic nitrogens is 2. The monoisotopic (exact) mass is 281 g/mol. The fourth-order valence-electron chi connectivity index (χ4n) is 1.95. The van der Waals surface area contributed by atoms with Crippen LogP contribution in [0.1, 0.15) is 36.1 Å². The number of hydrogen-bond acceptors (Lipinski definition) is 3. The minimum absolute atomic E-state index is 0.618. The number of halogens is 1. The number of rotatable bonds is 6. The van der Waals surface area contributed by atoms with Crippen molar-refractivity contribution in [3.8, 4) is 0 Å². The summed E-state index contributed by atoms with van der Waals surface area (Å²) in [4.78, 5) is 0. The zero-order chi connectivity index (χ0) is 13.8. The zero-order valence-electron chi connectivity index (χ0n) is 11.7. The van der Waals surface area contributed by atoms with Crippen LogP contribution in [0.25, 0.3) is 0 Å². The van der Waals surface area contributed by atoms with Crippen molar-refractivity contribution in [3.05, 3.63) is 40.1 Å². The average Bonchev–Trinajstić information content (AvgIpc) is 2.88. The Morgan fingerprint density at radius 3 is 2.84 bits per heavy atom. The summed E-state index contributed by atoms with van der Waals surface area (Å²) in [6.45, 7) is 8.57. The van der Waals surface area contributed by atoms with Gasteiger partial charge in [0.25, 0.3) is 0 Å². The second-order valence-corrected chi connectivity index (χ2v) is 5.14. The molecule has 2 heterocycles. The van der Waals surface area contributed by atoms with Crippen molar-refractivity contribution in [2.75, 3.05) is 6.54 Å². The van der Waals surface area contributed by atoms with E-state index in [9.17, 15) is 0 Å². The topological polar surface area (TPSA) is 43.0 Å². The standard InChI is InChI=1S/C14H20ClN3O/c1-4-5-16-8-14-10(2)6-12(19-14)9-18-11(3)13(15)7-17-18/h6-7,16H,4-5,8-9H2,1-3H3. The highest BCUT2D eigenvalue weighted by molar-refractivity contribution is 6.31. The third-order valence-electron chi connectivity index (χ3n) is 3.13. The van der Waals surface area contributed by atoms with Crippen LogP contribution in [0.2, 0.25) is 5.02 Å². The molecule has 0 fully saturated rings. The first-order valence-corrected chi connectivity index (χ1v) is 6.96. The van der Waals surface area contributed by atoms with E-state index in [1.165, 1.54) is 5.56 Å². The predicted octanol–water partition coefficient (Wildman–Crippen LogP) is 3.29. The van der Waals surface area contributed by atoms with Crippen molar-refractivity contribution in [2.45, 2.75) is 40.3 Å². The van der Waals surface area contributed by atoms with E-state index in [1.54, 1.807) is 6.20 Å². The quantitative estimate of drug-likeness (QED) is 0.826. The van der Waals surface area contributed by atoms with E-state index in [2.05, 4.69) is 30.3 Å². The first kappa shape index (κ1) is 14.2. The fourth-order valence-corrected chi connectivity index (χ4v) is 2.09. The molecule has 0 saturated carbocycles. The molecule has 0 aliphatic heterocycles. The van der Waals surface area contributed by atoms with Crippen LogP contribution in [0, 0.1) is 13.8 Å². The lowest BCUT2D eigenvalue weighted by Gasteiger charge is -2.02. The molecule has 2 aromatic heterocycles. The molecule has 0 bridgehead atoms. The third-order valence-corrected chi connectivity index (χ3v) is 3.50. The van der Waals surface area contributed by atoms with Gasteiger partial charge in [0.2, 0.25) is 0 Å². The van der Waals surface area contributed by atoms with E-state index < -0.39 is 0 Å².